The first-order chi connectivity index (χ1) is 14.2. The largest absolute Gasteiger partial charge is 0.351 e. The lowest BCUT2D eigenvalue weighted by Crippen LogP contribution is -2.10. The lowest BCUT2D eigenvalue weighted by Gasteiger charge is -2.03. The van der Waals surface area contributed by atoms with Crippen LogP contribution in [-0.2, 0) is 0 Å². The molecule has 5 aromatic rings. The molecule has 29 heavy (non-hydrogen) atoms. The quantitative estimate of drug-likeness (QED) is 0.427. The summed E-state index contributed by atoms with van der Waals surface area (Å²) < 4.78 is 0. The molecular formula is C24H18N4O. The number of aromatic amines is 2. The smallest absolute Gasteiger partial charge is 0.259 e. The molecule has 0 atom stereocenters. The van der Waals surface area contributed by atoms with Gasteiger partial charge in [0.2, 0.25) is 0 Å². The Morgan fingerprint density at radius 2 is 1.59 bits per heavy atom. The summed E-state index contributed by atoms with van der Waals surface area (Å²) in [7, 11) is 0. The number of benzene rings is 3. The van der Waals surface area contributed by atoms with Crippen LogP contribution in [0.5, 0.6) is 0 Å². The summed E-state index contributed by atoms with van der Waals surface area (Å²) in [6, 6.07) is 23.4. The molecule has 0 aliphatic rings. The summed E-state index contributed by atoms with van der Waals surface area (Å²) >= 11 is 0. The molecule has 2 aromatic heterocycles. The van der Waals surface area contributed by atoms with Gasteiger partial charge in [0.05, 0.1) is 22.3 Å². The Bertz CT molecular complexity index is 1430. The second-order valence-electron chi connectivity index (χ2n) is 6.98. The van der Waals surface area contributed by atoms with Crippen molar-refractivity contribution in [3.63, 3.8) is 0 Å². The van der Waals surface area contributed by atoms with E-state index in [4.69, 9.17) is 0 Å². The van der Waals surface area contributed by atoms with Gasteiger partial charge in [-0.3, -0.25) is 9.79 Å². The molecule has 5 heteroatoms. The molecule has 0 amide bonds. The van der Waals surface area contributed by atoms with Gasteiger partial charge in [-0.25, -0.2) is 4.98 Å². The van der Waals surface area contributed by atoms with E-state index in [1.807, 2.05) is 79.9 Å². The summed E-state index contributed by atoms with van der Waals surface area (Å²) in [4.78, 5) is 28.2. The first-order valence-electron chi connectivity index (χ1n) is 9.40. The van der Waals surface area contributed by atoms with Crippen molar-refractivity contribution in [3.8, 4) is 11.5 Å². The molecule has 140 valence electrons. The van der Waals surface area contributed by atoms with E-state index in [-0.39, 0.29) is 5.56 Å². The number of para-hydroxylation sites is 2. The lowest BCUT2D eigenvalue weighted by atomic mass is 10.1. The summed E-state index contributed by atoms with van der Waals surface area (Å²) in [6.07, 6.45) is 1.83. The molecule has 0 saturated carbocycles. The molecule has 5 rings (SSSR count). The summed E-state index contributed by atoms with van der Waals surface area (Å²) in [5.74, 6) is 0.496. The number of nitrogens with one attached hydrogen (secondary N) is 2. The molecule has 0 saturated heterocycles. The molecule has 5 nitrogen and oxygen atoms in total. The van der Waals surface area contributed by atoms with E-state index < -0.39 is 0 Å². The van der Waals surface area contributed by atoms with Crippen LogP contribution in [-0.4, -0.2) is 21.2 Å². The maximum absolute atomic E-state index is 12.6. The zero-order chi connectivity index (χ0) is 19.8. The van der Waals surface area contributed by atoms with Crippen LogP contribution in [0.4, 0.5) is 5.69 Å². The van der Waals surface area contributed by atoms with Crippen LogP contribution < -0.4 is 5.56 Å². The van der Waals surface area contributed by atoms with E-state index in [9.17, 15) is 4.79 Å². The van der Waals surface area contributed by atoms with Gasteiger partial charge in [-0.05, 0) is 37.3 Å². The molecule has 0 bridgehead atoms. The highest BCUT2D eigenvalue weighted by molar-refractivity contribution is 6.06. The third-order valence-corrected chi connectivity index (χ3v) is 4.97. The van der Waals surface area contributed by atoms with Gasteiger partial charge in [0.25, 0.3) is 5.56 Å². The fraction of sp³-hybridized carbons (Fsp3) is 0.0417. The van der Waals surface area contributed by atoms with Crippen LogP contribution in [0.15, 0.2) is 82.6 Å². The average molecular weight is 378 g/mol. The molecule has 0 aliphatic carbocycles. The minimum atomic E-state index is -0.161. The third kappa shape index (κ3) is 3.12. The Morgan fingerprint density at radius 1 is 0.862 bits per heavy atom. The van der Waals surface area contributed by atoms with Crippen LogP contribution >= 0.6 is 0 Å². The minimum absolute atomic E-state index is 0.161. The van der Waals surface area contributed by atoms with Gasteiger partial charge >= 0.3 is 0 Å². The predicted molar refractivity (Wildman–Crippen MR) is 118 cm³/mol. The fourth-order valence-corrected chi connectivity index (χ4v) is 3.46. The van der Waals surface area contributed by atoms with Crippen molar-refractivity contribution in [3.05, 3.63) is 94.3 Å². The molecule has 2 heterocycles. The van der Waals surface area contributed by atoms with Gasteiger partial charge in [-0.15, -0.1) is 0 Å². The molecule has 0 aliphatic heterocycles. The summed E-state index contributed by atoms with van der Waals surface area (Å²) in [6.45, 7) is 2.05. The highest BCUT2D eigenvalue weighted by Gasteiger charge is 2.15. The normalized spacial score (nSPS) is 11.6. The molecule has 0 radical (unpaired) electrons. The standard InChI is InChI=1S/C24H18N4O/c1-15-10-12-16(13-11-15)25-14-19-17-6-2-4-8-20(17)26-22(19)23-27-21-9-5-3-7-18(21)24(29)28-23/h2-14,26H,1H3,(H,27,28,29). The number of aliphatic imine (C=N–C) groups is 1. The lowest BCUT2D eigenvalue weighted by molar-refractivity contribution is 1.16. The van der Waals surface area contributed by atoms with E-state index in [1.165, 1.54) is 5.56 Å². The number of aryl methyl sites for hydroxylation is 1. The number of rotatable bonds is 3. The van der Waals surface area contributed by atoms with Crippen molar-refractivity contribution < 1.29 is 0 Å². The first kappa shape index (κ1) is 17.1. The SMILES string of the molecule is Cc1ccc(N=Cc2c(-c3nc4ccccc4c(=O)[nH]3)[nH]c3ccccc23)cc1. The number of nitrogens with zero attached hydrogens (tertiary/aromatic N) is 2. The van der Waals surface area contributed by atoms with Gasteiger partial charge in [0.1, 0.15) is 0 Å². The monoisotopic (exact) mass is 378 g/mol. The number of hydrogen-bond donors (Lipinski definition) is 2. The molecule has 3 aromatic carbocycles. The molecule has 0 spiro atoms. The number of aromatic nitrogens is 3. The molecule has 0 unspecified atom stereocenters. The minimum Gasteiger partial charge on any atom is -0.351 e. The summed E-state index contributed by atoms with van der Waals surface area (Å²) in [5, 5.41) is 1.59. The van der Waals surface area contributed by atoms with Crippen molar-refractivity contribution in [1.29, 1.82) is 0 Å². The van der Waals surface area contributed by atoms with Gasteiger partial charge in [0, 0.05) is 22.7 Å². The highest BCUT2D eigenvalue weighted by atomic mass is 16.1. The Hall–Kier alpha value is -3.99. The first-order valence-corrected chi connectivity index (χ1v) is 9.40. The van der Waals surface area contributed by atoms with Crippen molar-refractivity contribution in [2.45, 2.75) is 6.92 Å². The van der Waals surface area contributed by atoms with E-state index in [1.54, 1.807) is 6.07 Å². The zero-order valence-electron chi connectivity index (χ0n) is 15.8. The maximum atomic E-state index is 12.6. The van der Waals surface area contributed by atoms with E-state index in [2.05, 4.69) is 19.9 Å². The van der Waals surface area contributed by atoms with Gasteiger partial charge < -0.3 is 9.97 Å². The zero-order valence-corrected chi connectivity index (χ0v) is 15.8. The van der Waals surface area contributed by atoms with E-state index in [0.717, 1.165) is 27.8 Å². The second kappa shape index (κ2) is 6.87. The van der Waals surface area contributed by atoms with Crippen LogP contribution in [0, 0.1) is 6.92 Å². The van der Waals surface area contributed by atoms with Gasteiger partial charge in [-0.1, -0.05) is 48.0 Å². The van der Waals surface area contributed by atoms with Crippen molar-refractivity contribution in [1.82, 2.24) is 15.0 Å². The fourth-order valence-electron chi connectivity index (χ4n) is 3.46. The second-order valence-corrected chi connectivity index (χ2v) is 6.98. The van der Waals surface area contributed by atoms with E-state index in [0.29, 0.717) is 16.7 Å². The Kier molecular flexibility index (Phi) is 4.06. The van der Waals surface area contributed by atoms with Crippen LogP contribution in [0.2, 0.25) is 0 Å². The third-order valence-electron chi connectivity index (χ3n) is 4.97. The van der Waals surface area contributed by atoms with Gasteiger partial charge in [0.15, 0.2) is 5.82 Å². The average Bonchev–Trinajstić information content (AvgIpc) is 3.12. The molecule has 0 fully saturated rings. The number of H-pyrrole nitrogens is 2. The maximum Gasteiger partial charge on any atom is 0.259 e. The van der Waals surface area contributed by atoms with E-state index >= 15 is 0 Å². The van der Waals surface area contributed by atoms with Gasteiger partial charge in [-0.2, -0.15) is 0 Å². The van der Waals surface area contributed by atoms with Crippen molar-refractivity contribution >= 4 is 33.7 Å². The van der Waals surface area contributed by atoms with Crippen LogP contribution in [0.1, 0.15) is 11.1 Å². The predicted octanol–water partition coefficient (Wildman–Crippen LogP) is 5.13. The Morgan fingerprint density at radius 3 is 2.41 bits per heavy atom. The van der Waals surface area contributed by atoms with Crippen molar-refractivity contribution in [2.75, 3.05) is 0 Å². The van der Waals surface area contributed by atoms with Crippen LogP contribution in [0.25, 0.3) is 33.3 Å². The number of fused-ring (bicyclic) bond motifs is 2. The number of hydrogen-bond acceptors (Lipinski definition) is 3. The molecule has 2 N–H and O–H groups in total. The summed E-state index contributed by atoms with van der Waals surface area (Å²) in [5.41, 5.74) is 5.15. The van der Waals surface area contributed by atoms with Crippen LogP contribution in [0.3, 0.4) is 0 Å². The molecular weight excluding hydrogens is 360 g/mol. The Labute approximate surface area is 166 Å². The van der Waals surface area contributed by atoms with Crippen molar-refractivity contribution in [2.24, 2.45) is 4.99 Å². The highest BCUT2D eigenvalue weighted by Crippen LogP contribution is 2.28. The topological polar surface area (TPSA) is 73.9 Å². The Balaban J connectivity index is 1.71.